The molecule has 51 heavy (non-hydrogen) atoms. The van der Waals surface area contributed by atoms with Crippen LogP contribution in [0.2, 0.25) is 0 Å². The van der Waals surface area contributed by atoms with Gasteiger partial charge >= 0.3 is 24.4 Å². The minimum Gasteiger partial charge on any atom is -0.451 e. The van der Waals surface area contributed by atoms with Gasteiger partial charge in [-0.15, -0.1) is 0 Å². The first-order chi connectivity index (χ1) is 23.4. The van der Waals surface area contributed by atoms with E-state index in [4.69, 9.17) is 0 Å². The van der Waals surface area contributed by atoms with Gasteiger partial charge in [0.25, 0.3) is 0 Å². The highest BCUT2D eigenvalue weighted by Crippen LogP contribution is 2.29. The van der Waals surface area contributed by atoms with E-state index in [2.05, 4.69) is 14.8 Å². The van der Waals surface area contributed by atoms with Gasteiger partial charge in [0.05, 0.1) is 17.9 Å². The molecule has 2 aromatic rings. The summed E-state index contributed by atoms with van der Waals surface area (Å²) in [5.41, 5.74) is 2.65. The monoisotopic (exact) mass is 774 g/mol. The van der Waals surface area contributed by atoms with E-state index in [1.807, 2.05) is 37.5 Å². The van der Waals surface area contributed by atoms with Gasteiger partial charge in [-0.1, -0.05) is 6.07 Å². The zero-order valence-corrected chi connectivity index (χ0v) is 30.5. The fourth-order valence-electron chi connectivity index (χ4n) is 4.97. The van der Waals surface area contributed by atoms with Crippen molar-refractivity contribution in [1.82, 2.24) is 0 Å². The van der Waals surface area contributed by atoms with Crippen LogP contribution in [0.15, 0.2) is 36.4 Å². The topological polar surface area (TPSA) is 139 Å². The lowest BCUT2D eigenvalue weighted by molar-refractivity contribution is -0.212. The molecular weight excluding hydrogens is 732 g/mol. The molecular formula is C32H42F6N3O8S2. The Bertz CT molecular complexity index is 1600. The standard InChI is InChI=1S/C32H42F6N3O8S2/c1-7-40(8-2)24-12-11-23(21(5)15-24)17-29(42)48-27(31(33,34)35)18-50(44,45)20-51(46,47)19-28(32(36,37)38)49-30(43)39-26-14-13-25(16-22(26)6)41(9-3)10-4/h11-17,27-28H,7-10,18-20H2,1-6H3,(H,39,43). The number of sulfone groups is 2. The fraction of sp³-hybridized carbons (Fsp3) is 0.531. The van der Waals surface area contributed by atoms with Gasteiger partial charge < -0.3 is 19.3 Å². The Balaban J connectivity index is 2.15. The molecule has 0 aliphatic rings. The highest BCUT2D eigenvalue weighted by molar-refractivity contribution is 8.08. The Morgan fingerprint density at radius 2 is 1.16 bits per heavy atom. The SMILES string of the molecule is CCN(CC)c1ccc([CH]C(=O)OC(CS(=O)(=O)CS(=O)(=O)CC(OC(=O)Nc2ccc(N(CC)CC)cc2C)C(F)(F)F)C(F)(F)F)c(C)c1. The third kappa shape index (κ3) is 13.4. The van der Waals surface area contributed by atoms with E-state index in [1.165, 1.54) is 12.1 Å². The summed E-state index contributed by atoms with van der Waals surface area (Å²) >= 11 is 0. The second-order valence-electron chi connectivity index (χ2n) is 11.5. The fourth-order valence-corrected chi connectivity index (χ4v) is 9.37. The van der Waals surface area contributed by atoms with Gasteiger partial charge in [0.15, 0.2) is 24.8 Å². The Hall–Kier alpha value is -3.74. The third-order valence-corrected chi connectivity index (χ3v) is 12.1. The van der Waals surface area contributed by atoms with Gasteiger partial charge in [0, 0.05) is 43.2 Å². The van der Waals surface area contributed by atoms with Crippen LogP contribution in [0.3, 0.4) is 0 Å². The molecule has 0 bridgehead atoms. The van der Waals surface area contributed by atoms with Crippen LogP contribution in [0.4, 0.5) is 48.2 Å². The van der Waals surface area contributed by atoms with Crippen LogP contribution in [-0.4, -0.2) is 96.2 Å². The number of hydrogen-bond donors (Lipinski definition) is 1. The van der Waals surface area contributed by atoms with E-state index in [0.29, 0.717) is 43.7 Å². The maximum Gasteiger partial charge on any atom is 0.426 e. The summed E-state index contributed by atoms with van der Waals surface area (Å²) in [5.74, 6) is -5.81. The number of carbonyl (C=O) groups excluding carboxylic acids is 2. The van der Waals surface area contributed by atoms with Crippen molar-refractivity contribution >= 4 is 48.8 Å². The highest BCUT2D eigenvalue weighted by Gasteiger charge is 2.49. The van der Waals surface area contributed by atoms with Crippen LogP contribution >= 0.6 is 0 Å². The van der Waals surface area contributed by atoms with Crippen LogP contribution < -0.4 is 15.1 Å². The Labute approximate surface area is 294 Å². The van der Waals surface area contributed by atoms with E-state index in [1.54, 1.807) is 38.1 Å². The molecule has 11 nitrogen and oxygen atoms in total. The Morgan fingerprint density at radius 3 is 1.57 bits per heavy atom. The van der Waals surface area contributed by atoms with Gasteiger partial charge in [-0.3, -0.25) is 10.1 Å². The maximum atomic E-state index is 13.8. The van der Waals surface area contributed by atoms with Crippen molar-refractivity contribution in [3.8, 4) is 0 Å². The van der Waals surface area contributed by atoms with Crippen molar-refractivity contribution in [2.45, 2.75) is 66.1 Å². The van der Waals surface area contributed by atoms with Gasteiger partial charge in [0.1, 0.15) is 0 Å². The molecule has 0 saturated heterocycles. The van der Waals surface area contributed by atoms with Crippen molar-refractivity contribution in [2.24, 2.45) is 0 Å². The average Bonchev–Trinajstić information content (AvgIpc) is 2.98. The molecule has 0 fully saturated rings. The minimum absolute atomic E-state index is 0.0408. The summed E-state index contributed by atoms with van der Waals surface area (Å²) in [5, 5.41) is -0.119. The predicted octanol–water partition coefficient (Wildman–Crippen LogP) is 5.99. The number of hydrogen-bond acceptors (Lipinski definition) is 10. The molecule has 2 atom stereocenters. The van der Waals surface area contributed by atoms with Crippen LogP contribution in [0.1, 0.15) is 44.4 Å². The summed E-state index contributed by atoms with van der Waals surface area (Å²) in [6.07, 6.45) is -18.8. The number of ether oxygens (including phenoxy) is 2. The predicted molar refractivity (Wildman–Crippen MR) is 181 cm³/mol. The first kappa shape index (κ1) is 43.4. The average molecular weight is 775 g/mol. The lowest BCUT2D eigenvalue weighted by Gasteiger charge is -2.23. The van der Waals surface area contributed by atoms with Gasteiger partial charge in [0.2, 0.25) is 12.2 Å². The van der Waals surface area contributed by atoms with E-state index in [0.717, 1.165) is 11.4 Å². The zero-order valence-electron chi connectivity index (χ0n) is 28.9. The molecule has 1 radical (unpaired) electrons. The summed E-state index contributed by atoms with van der Waals surface area (Å²) in [6, 6.07) is 9.36. The number of amides is 1. The van der Waals surface area contributed by atoms with Crippen LogP contribution in [0, 0.1) is 20.3 Å². The van der Waals surface area contributed by atoms with Crippen LogP contribution in [-0.2, 0) is 33.9 Å². The van der Waals surface area contributed by atoms with Crippen molar-refractivity contribution in [2.75, 3.05) is 57.9 Å². The molecule has 0 heterocycles. The summed E-state index contributed by atoms with van der Waals surface area (Å²) in [6.45, 7) is 13.4. The largest absolute Gasteiger partial charge is 0.451 e. The van der Waals surface area contributed by atoms with E-state index in [-0.39, 0.29) is 11.3 Å². The Kier molecular flexibility index (Phi) is 15.0. The van der Waals surface area contributed by atoms with Crippen molar-refractivity contribution < 1.29 is 62.2 Å². The minimum atomic E-state index is -5.52. The molecule has 2 unspecified atom stereocenters. The molecule has 0 saturated carbocycles. The first-order valence-corrected chi connectivity index (χ1v) is 19.4. The molecule has 2 rings (SSSR count). The molecule has 19 heteroatoms. The lowest BCUT2D eigenvalue weighted by atomic mass is 10.0. The second-order valence-corrected chi connectivity index (χ2v) is 16.1. The summed E-state index contributed by atoms with van der Waals surface area (Å²) in [4.78, 5) is 28.7. The lowest BCUT2D eigenvalue weighted by Crippen LogP contribution is -2.44. The molecule has 0 aromatic heterocycles. The molecule has 0 spiro atoms. The van der Waals surface area contributed by atoms with E-state index < -0.39 is 72.9 Å². The number of rotatable bonds is 17. The number of nitrogens with one attached hydrogen (secondary N) is 1. The number of aryl methyl sites for hydroxylation is 2. The molecule has 2 aromatic carbocycles. The first-order valence-electron chi connectivity index (χ1n) is 15.7. The van der Waals surface area contributed by atoms with Gasteiger partial charge in [-0.25, -0.2) is 21.6 Å². The second kappa shape index (κ2) is 17.7. The van der Waals surface area contributed by atoms with Crippen molar-refractivity contribution in [3.05, 3.63) is 59.5 Å². The number of anilines is 3. The number of benzene rings is 2. The highest BCUT2D eigenvalue weighted by atomic mass is 32.3. The normalized spacial score (nSPS) is 13.6. The quantitative estimate of drug-likeness (QED) is 0.151. The van der Waals surface area contributed by atoms with Gasteiger partial charge in [-0.05, 0) is 88.6 Å². The number of alkyl halides is 6. The van der Waals surface area contributed by atoms with Crippen molar-refractivity contribution in [1.29, 1.82) is 0 Å². The smallest absolute Gasteiger partial charge is 0.426 e. The summed E-state index contributed by atoms with van der Waals surface area (Å²) < 4.78 is 142. The van der Waals surface area contributed by atoms with Crippen LogP contribution in [0.5, 0.6) is 0 Å². The van der Waals surface area contributed by atoms with Gasteiger partial charge in [-0.2, -0.15) is 26.3 Å². The Morgan fingerprint density at radius 1 is 0.725 bits per heavy atom. The maximum absolute atomic E-state index is 13.8. The van der Waals surface area contributed by atoms with Crippen LogP contribution in [0.25, 0.3) is 0 Å². The number of nitrogens with zero attached hydrogens (tertiary/aromatic N) is 2. The number of halogens is 6. The molecule has 0 aliphatic carbocycles. The van der Waals surface area contributed by atoms with Crippen molar-refractivity contribution in [3.63, 3.8) is 0 Å². The molecule has 0 aliphatic heterocycles. The van der Waals surface area contributed by atoms with E-state index >= 15 is 0 Å². The summed E-state index contributed by atoms with van der Waals surface area (Å²) in [7, 11) is -10.8. The third-order valence-electron chi connectivity index (χ3n) is 7.64. The number of esters is 1. The molecule has 1 amide bonds. The molecule has 1 N–H and O–H groups in total. The molecule has 287 valence electrons. The van der Waals surface area contributed by atoms with E-state index in [9.17, 15) is 52.8 Å². The zero-order chi connectivity index (χ0) is 38.9. The number of carbonyl (C=O) groups is 2.